The molecule has 0 aliphatic rings. The van der Waals surface area contributed by atoms with Crippen molar-refractivity contribution >= 4 is 0 Å². The van der Waals surface area contributed by atoms with Gasteiger partial charge in [0.05, 0.1) is 0 Å². The van der Waals surface area contributed by atoms with Crippen LogP contribution in [-0.2, 0) is 0 Å². The molecule has 0 N–H and O–H groups in total. The van der Waals surface area contributed by atoms with E-state index in [9.17, 15) is 0 Å². The van der Waals surface area contributed by atoms with E-state index in [1.54, 1.807) is 0 Å². The lowest BCUT2D eigenvalue weighted by molar-refractivity contribution is 1.45. The number of hydrogen-bond acceptors (Lipinski definition) is 0. The summed E-state index contributed by atoms with van der Waals surface area (Å²) in [5.74, 6) is 0. The SMILES string of the molecule is Cc1ccccc1-c1cc(-c2ccccc2)ccc1-c1ccccc1. The van der Waals surface area contributed by atoms with Gasteiger partial charge in [0.2, 0.25) is 0 Å². The summed E-state index contributed by atoms with van der Waals surface area (Å²) in [4.78, 5) is 0. The summed E-state index contributed by atoms with van der Waals surface area (Å²) in [5, 5.41) is 0. The van der Waals surface area contributed by atoms with Crippen molar-refractivity contribution in [3.05, 3.63) is 109 Å². The first kappa shape index (κ1) is 15.4. The number of rotatable bonds is 3. The van der Waals surface area contributed by atoms with E-state index in [-0.39, 0.29) is 0 Å². The van der Waals surface area contributed by atoms with Gasteiger partial charge in [-0.2, -0.15) is 0 Å². The lowest BCUT2D eigenvalue weighted by Crippen LogP contribution is -1.89. The standard InChI is InChI=1S/C25H20/c1-19-10-8-9-15-23(19)25-18-22(20-11-4-2-5-12-20)16-17-24(25)21-13-6-3-7-14-21/h2-18H,1H3. The molecule has 0 saturated carbocycles. The number of hydrogen-bond donors (Lipinski definition) is 0. The molecule has 0 bridgehead atoms. The van der Waals surface area contributed by atoms with Crippen molar-refractivity contribution in [2.24, 2.45) is 0 Å². The fraction of sp³-hybridized carbons (Fsp3) is 0.0400. The van der Waals surface area contributed by atoms with Crippen molar-refractivity contribution < 1.29 is 0 Å². The average Bonchev–Trinajstić information content (AvgIpc) is 2.69. The lowest BCUT2D eigenvalue weighted by atomic mass is 9.89. The van der Waals surface area contributed by atoms with Gasteiger partial charge < -0.3 is 0 Å². The molecular formula is C25H20. The van der Waals surface area contributed by atoms with Crippen LogP contribution in [0.4, 0.5) is 0 Å². The first-order valence-corrected chi connectivity index (χ1v) is 8.64. The van der Waals surface area contributed by atoms with E-state index < -0.39 is 0 Å². The highest BCUT2D eigenvalue weighted by Crippen LogP contribution is 2.36. The lowest BCUT2D eigenvalue weighted by Gasteiger charge is -2.15. The van der Waals surface area contributed by atoms with Crippen molar-refractivity contribution in [1.82, 2.24) is 0 Å². The van der Waals surface area contributed by atoms with Crippen LogP contribution in [0.2, 0.25) is 0 Å². The molecule has 0 aliphatic heterocycles. The zero-order chi connectivity index (χ0) is 17.1. The third-order valence-electron chi connectivity index (χ3n) is 4.65. The number of benzene rings is 4. The first-order chi connectivity index (χ1) is 12.3. The Hall–Kier alpha value is -3.12. The molecule has 0 heteroatoms. The van der Waals surface area contributed by atoms with Gasteiger partial charge in [-0.25, -0.2) is 0 Å². The summed E-state index contributed by atoms with van der Waals surface area (Å²) in [5.41, 5.74) is 8.89. The Morgan fingerprint density at radius 1 is 0.400 bits per heavy atom. The minimum Gasteiger partial charge on any atom is -0.0622 e. The van der Waals surface area contributed by atoms with Crippen LogP contribution in [0, 0.1) is 6.92 Å². The summed E-state index contributed by atoms with van der Waals surface area (Å²) in [6.45, 7) is 2.18. The van der Waals surface area contributed by atoms with Crippen molar-refractivity contribution in [2.75, 3.05) is 0 Å². The Morgan fingerprint density at radius 3 is 1.68 bits per heavy atom. The van der Waals surface area contributed by atoms with E-state index in [0.29, 0.717) is 0 Å². The second-order valence-electron chi connectivity index (χ2n) is 6.31. The van der Waals surface area contributed by atoms with Gasteiger partial charge in [0.25, 0.3) is 0 Å². The molecule has 25 heavy (non-hydrogen) atoms. The van der Waals surface area contributed by atoms with E-state index in [2.05, 4.69) is 110 Å². The average molecular weight is 320 g/mol. The van der Waals surface area contributed by atoms with Crippen LogP contribution < -0.4 is 0 Å². The molecule has 0 atom stereocenters. The smallest absolute Gasteiger partial charge is 0.00966 e. The molecule has 0 unspecified atom stereocenters. The third kappa shape index (κ3) is 3.12. The van der Waals surface area contributed by atoms with E-state index in [0.717, 1.165) is 0 Å². The van der Waals surface area contributed by atoms with Crippen LogP contribution in [0.1, 0.15) is 5.56 Å². The highest BCUT2D eigenvalue weighted by molar-refractivity contribution is 5.88. The quantitative estimate of drug-likeness (QED) is 0.381. The molecule has 4 rings (SSSR count). The van der Waals surface area contributed by atoms with Gasteiger partial charge in [-0.15, -0.1) is 0 Å². The van der Waals surface area contributed by atoms with Crippen LogP contribution in [0.25, 0.3) is 33.4 Å². The molecule has 0 aliphatic carbocycles. The summed E-state index contributed by atoms with van der Waals surface area (Å²) in [7, 11) is 0. The predicted octanol–water partition coefficient (Wildman–Crippen LogP) is 7.00. The maximum Gasteiger partial charge on any atom is -0.00966 e. The maximum absolute atomic E-state index is 2.32. The van der Waals surface area contributed by atoms with Gasteiger partial charge in [-0.1, -0.05) is 97.1 Å². The van der Waals surface area contributed by atoms with Crippen LogP contribution >= 0.6 is 0 Å². The zero-order valence-electron chi connectivity index (χ0n) is 14.3. The molecule has 0 nitrogen and oxygen atoms in total. The van der Waals surface area contributed by atoms with Crippen molar-refractivity contribution in [1.29, 1.82) is 0 Å². The van der Waals surface area contributed by atoms with Gasteiger partial charge in [-0.05, 0) is 51.9 Å². The van der Waals surface area contributed by atoms with Gasteiger partial charge in [0.1, 0.15) is 0 Å². The maximum atomic E-state index is 2.32. The van der Waals surface area contributed by atoms with Gasteiger partial charge in [0, 0.05) is 0 Å². The highest BCUT2D eigenvalue weighted by Gasteiger charge is 2.11. The van der Waals surface area contributed by atoms with Gasteiger partial charge >= 0.3 is 0 Å². The fourth-order valence-electron chi connectivity index (χ4n) is 3.32. The molecule has 0 aromatic heterocycles. The normalized spacial score (nSPS) is 10.6. The predicted molar refractivity (Wildman–Crippen MR) is 107 cm³/mol. The summed E-state index contributed by atoms with van der Waals surface area (Å²) in [6, 6.07) is 36.6. The molecule has 4 aromatic carbocycles. The van der Waals surface area contributed by atoms with Crippen LogP contribution in [-0.4, -0.2) is 0 Å². The van der Waals surface area contributed by atoms with E-state index >= 15 is 0 Å². The van der Waals surface area contributed by atoms with E-state index in [1.807, 2.05) is 0 Å². The summed E-state index contributed by atoms with van der Waals surface area (Å²) in [6.07, 6.45) is 0. The molecule has 120 valence electrons. The summed E-state index contributed by atoms with van der Waals surface area (Å²) < 4.78 is 0. The van der Waals surface area contributed by atoms with Crippen LogP contribution in [0.15, 0.2) is 103 Å². The Labute approximate surface area is 149 Å². The first-order valence-electron chi connectivity index (χ1n) is 8.64. The monoisotopic (exact) mass is 320 g/mol. The second kappa shape index (κ2) is 6.78. The van der Waals surface area contributed by atoms with E-state index in [1.165, 1.54) is 38.9 Å². The fourth-order valence-corrected chi connectivity index (χ4v) is 3.32. The van der Waals surface area contributed by atoms with Gasteiger partial charge in [0.15, 0.2) is 0 Å². The molecule has 0 saturated heterocycles. The van der Waals surface area contributed by atoms with Crippen LogP contribution in [0.3, 0.4) is 0 Å². The Morgan fingerprint density at radius 2 is 1.00 bits per heavy atom. The van der Waals surface area contributed by atoms with Crippen molar-refractivity contribution in [3.63, 3.8) is 0 Å². The van der Waals surface area contributed by atoms with Crippen molar-refractivity contribution in [3.8, 4) is 33.4 Å². The van der Waals surface area contributed by atoms with E-state index in [4.69, 9.17) is 0 Å². The Kier molecular flexibility index (Phi) is 4.18. The Bertz CT molecular complexity index is 983. The third-order valence-corrected chi connectivity index (χ3v) is 4.65. The zero-order valence-corrected chi connectivity index (χ0v) is 14.3. The number of aryl methyl sites for hydroxylation is 1. The molecule has 0 amide bonds. The van der Waals surface area contributed by atoms with Crippen molar-refractivity contribution in [2.45, 2.75) is 6.92 Å². The Balaban J connectivity index is 1.95. The summed E-state index contributed by atoms with van der Waals surface area (Å²) >= 11 is 0. The van der Waals surface area contributed by atoms with Crippen LogP contribution in [0.5, 0.6) is 0 Å². The second-order valence-corrected chi connectivity index (χ2v) is 6.31. The molecule has 0 heterocycles. The molecule has 0 spiro atoms. The molecule has 4 aromatic rings. The molecule has 0 radical (unpaired) electrons. The highest BCUT2D eigenvalue weighted by atomic mass is 14.1. The minimum atomic E-state index is 1.25. The molecular weight excluding hydrogens is 300 g/mol. The largest absolute Gasteiger partial charge is 0.0622 e. The topological polar surface area (TPSA) is 0 Å². The molecule has 0 fully saturated rings. The van der Waals surface area contributed by atoms with Gasteiger partial charge in [-0.3, -0.25) is 0 Å². The minimum absolute atomic E-state index is 1.25.